The molecule has 4 aliphatic heterocycles. The molecule has 194 valence electrons. The van der Waals surface area contributed by atoms with E-state index in [0.717, 1.165) is 19.5 Å². The van der Waals surface area contributed by atoms with Crippen LogP contribution in [0.5, 0.6) is 0 Å². The van der Waals surface area contributed by atoms with E-state index in [-0.39, 0.29) is 31.6 Å². The summed E-state index contributed by atoms with van der Waals surface area (Å²) in [5.41, 5.74) is 0. The van der Waals surface area contributed by atoms with Crippen LogP contribution in [0.4, 0.5) is 0 Å². The molecule has 4 fully saturated rings. The van der Waals surface area contributed by atoms with Gasteiger partial charge in [-0.05, 0) is 19.8 Å². The molecule has 4 heterocycles. The highest BCUT2D eigenvalue weighted by atomic mass is 32.2. The Morgan fingerprint density at radius 3 is 2.66 bits per heavy atom. The number of amides is 2. The van der Waals surface area contributed by atoms with Gasteiger partial charge >= 0.3 is 5.97 Å². The second kappa shape index (κ2) is 10.6. The molecule has 4 aliphatic rings. The van der Waals surface area contributed by atoms with E-state index >= 15 is 0 Å². The first-order valence-corrected chi connectivity index (χ1v) is 13.2. The van der Waals surface area contributed by atoms with Crippen LogP contribution in [-0.2, 0) is 23.9 Å². The number of esters is 1. The summed E-state index contributed by atoms with van der Waals surface area (Å²) in [6, 6.07) is -0.735. The van der Waals surface area contributed by atoms with Crippen LogP contribution in [0.25, 0.3) is 0 Å². The molecule has 4 rings (SSSR count). The summed E-state index contributed by atoms with van der Waals surface area (Å²) < 4.78 is 9.65. The minimum absolute atomic E-state index is 0.0601. The van der Waals surface area contributed by atoms with Gasteiger partial charge in [0, 0.05) is 44.0 Å². The van der Waals surface area contributed by atoms with Crippen LogP contribution in [0.1, 0.15) is 19.8 Å². The summed E-state index contributed by atoms with van der Waals surface area (Å²) >= 11 is 1.60. The van der Waals surface area contributed by atoms with Crippen molar-refractivity contribution in [2.75, 3.05) is 65.7 Å². The number of carbonyl (C=O) groups is 3. The molecule has 2 bridgehead atoms. The number of β-amino-alcohol motifs (C(OH)–C–C–N with tert-alkyl or cyclic N) is 1. The summed E-state index contributed by atoms with van der Waals surface area (Å²) in [5.74, 6) is -2.06. The first kappa shape index (κ1) is 26.2. The predicted molar refractivity (Wildman–Crippen MR) is 133 cm³/mol. The summed E-state index contributed by atoms with van der Waals surface area (Å²) in [6.07, 6.45) is 4.61. The van der Waals surface area contributed by atoms with Gasteiger partial charge in [0.15, 0.2) is 0 Å². The third kappa shape index (κ3) is 4.54. The Hall–Kier alpha value is -1.88. The van der Waals surface area contributed by atoms with E-state index in [1.54, 1.807) is 22.7 Å². The van der Waals surface area contributed by atoms with E-state index in [9.17, 15) is 19.5 Å². The van der Waals surface area contributed by atoms with Crippen molar-refractivity contribution in [3.8, 4) is 0 Å². The first-order chi connectivity index (χ1) is 16.8. The molecule has 1 N–H and O–H groups in total. The number of morpholine rings is 1. The third-order valence-corrected chi connectivity index (χ3v) is 9.89. The van der Waals surface area contributed by atoms with Crippen LogP contribution >= 0.6 is 11.8 Å². The van der Waals surface area contributed by atoms with Crippen LogP contribution in [0.15, 0.2) is 25.3 Å². The Labute approximate surface area is 211 Å². The van der Waals surface area contributed by atoms with Crippen molar-refractivity contribution in [1.82, 2.24) is 14.7 Å². The Morgan fingerprint density at radius 1 is 1.26 bits per heavy atom. The zero-order chi connectivity index (χ0) is 25.2. The van der Waals surface area contributed by atoms with Gasteiger partial charge in [0.05, 0.1) is 36.4 Å². The second-order valence-corrected chi connectivity index (χ2v) is 11.8. The highest BCUT2D eigenvalue weighted by molar-refractivity contribution is 8.02. The molecule has 1 spiro atoms. The number of likely N-dealkylation sites (tertiary alicyclic amines) is 1. The molecule has 0 radical (unpaired) electrons. The largest absolute Gasteiger partial charge is 0.461 e. The molecule has 0 aliphatic carbocycles. The smallest absolute Gasteiger partial charge is 0.311 e. The minimum atomic E-state index is -0.735. The molecule has 0 saturated carbocycles. The number of carbonyl (C=O) groups excluding carboxylic acids is 3. The predicted octanol–water partition coefficient (Wildman–Crippen LogP) is 0.536. The maximum atomic E-state index is 14.1. The van der Waals surface area contributed by atoms with Crippen LogP contribution in [0.2, 0.25) is 0 Å². The Kier molecular flexibility index (Phi) is 7.95. The zero-order valence-corrected chi connectivity index (χ0v) is 21.3. The number of thioether (sulfide) groups is 1. The van der Waals surface area contributed by atoms with E-state index in [2.05, 4.69) is 18.1 Å². The molecule has 10 heteroatoms. The topological polar surface area (TPSA) is 99.6 Å². The molecule has 0 aromatic carbocycles. The van der Waals surface area contributed by atoms with Gasteiger partial charge in [0.1, 0.15) is 12.6 Å². The molecule has 9 nitrogen and oxygen atoms in total. The van der Waals surface area contributed by atoms with E-state index in [0.29, 0.717) is 39.3 Å². The lowest BCUT2D eigenvalue weighted by Gasteiger charge is -2.38. The standard InChI is InChI=1S/C25H37N3O6S/c1-4-8-27(10-9-26-12-16-33-17-13-26)22(31)20-25-7-6-24(3,35-25)19(23(32)34-15-5-2)18(25)21(30)28(20)11-14-29/h4-5,18-20,29H,1-2,6-17H2,3H3/t18-,19-,20?,24+,25?/m0/s1. The number of nitrogens with zero attached hydrogens (tertiary/aromatic N) is 3. The summed E-state index contributed by atoms with van der Waals surface area (Å²) in [7, 11) is 0. The van der Waals surface area contributed by atoms with Gasteiger partial charge < -0.3 is 24.4 Å². The quantitative estimate of drug-likeness (QED) is 0.320. The van der Waals surface area contributed by atoms with Gasteiger partial charge in [-0.25, -0.2) is 0 Å². The van der Waals surface area contributed by atoms with Gasteiger partial charge in [0.25, 0.3) is 0 Å². The second-order valence-electron chi connectivity index (χ2n) is 9.93. The highest BCUT2D eigenvalue weighted by Crippen LogP contribution is 2.71. The number of aliphatic hydroxyl groups excluding tert-OH is 1. The minimum Gasteiger partial charge on any atom is -0.461 e. The lowest BCUT2D eigenvalue weighted by atomic mass is 9.66. The number of hydrogen-bond acceptors (Lipinski definition) is 8. The maximum Gasteiger partial charge on any atom is 0.311 e. The monoisotopic (exact) mass is 507 g/mol. The van der Waals surface area contributed by atoms with E-state index in [4.69, 9.17) is 9.47 Å². The lowest BCUT2D eigenvalue weighted by Crippen LogP contribution is -2.56. The fraction of sp³-hybridized carbons (Fsp3) is 0.720. The molecule has 2 unspecified atom stereocenters. The molecule has 35 heavy (non-hydrogen) atoms. The molecule has 5 atom stereocenters. The number of fused-ring (bicyclic) bond motifs is 1. The fourth-order valence-electron chi connectivity index (χ4n) is 6.35. The van der Waals surface area contributed by atoms with Crippen LogP contribution in [0, 0.1) is 11.8 Å². The van der Waals surface area contributed by atoms with Crippen LogP contribution < -0.4 is 0 Å². The highest BCUT2D eigenvalue weighted by Gasteiger charge is 2.77. The summed E-state index contributed by atoms with van der Waals surface area (Å²) in [5, 5.41) is 9.77. The van der Waals surface area contributed by atoms with Gasteiger partial charge in [-0.1, -0.05) is 18.7 Å². The van der Waals surface area contributed by atoms with Crippen molar-refractivity contribution in [2.24, 2.45) is 11.8 Å². The average Bonchev–Trinajstić information content (AvgIpc) is 3.42. The Bertz CT molecular complexity index is 864. The van der Waals surface area contributed by atoms with Crippen molar-refractivity contribution in [3.63, 3.8) is 0 Å². The Morgan fingerprint density at radius 2 is 2.00 bits per heavy atom. The summed E-state index contributed by atoms with van der Waals surface area (Å²) in [6.45, 7) is 14.0. The summed E-state index contributed by atoms with van der Waals surface area (Å²) in [4.78, 5) is 46.5. The van der Waals surface area contributed by atoms with Crippen LogP contribution in [0.3, 0.4) is 0 Å². The average molecular weight is 508 g/mol. The van der Waals surface area contributed by atoms with Crippen molar-refractivity contribution < 1.29 is 29.0 Å². The third-order valence-electron chi connectivity index (χ3n) is 7.90. The molecule has 2 amide bonds. The SMILES string of the molecule is C=CCOC(=O)[C@@H]1[C@H]2C(=O)N(CCO)C(C(=O)N(CC=C)CCN3CCOCC3)C23CC[C@@]1(C)S3. The zero-order valence-electron chi connectivity index (χ0n) is 20.5. The van der Waals surface area contributed by atoms with E-state index in [1.165, 1.54) is 11.0 Å². The van der Waals surface area contributed by atoms with E-state index in [1.807, 2.05) is 6.92 Å². The number of rotatable bonds is 11. The molecular weight excluding hydrogens is 470 g/mol. The van der Waals surface area contributed by atoms with Crippen molar-refractivity contribution >= 4 is 29.5 Å². The lowest BCUT2D eigenvalue weighted by molar-refractivity contribution is -0.154. The number of hydrogen-bond donors (Lipinski definition) is 1. The molecular formula is C25H37N3O6S. The van der Waals surface area contributed by atoms with Crippen molar-refractivity contribution in [1.29, 1.82) is 0 Å². The van der Waals surface area contributed by atoms with E-state index < -0.39 is 33.3 Å². The van der Waals surface area contributed by atoms with Crippen molar-refractivity contribution in [3.05, 3.63) is 25.3 Å². The van der Waals surface area contributed by atoms with Crippen LogP contribution in [-0.4, -0.2) is 119 Å². The van der Waals surface area contributed by atoms with Gasteiger partial charge in [-0.3, -0.25) is 19.3 Å². The Balaban J connectivity index is 1.62. The number of ether oxygens (including phenoxy) is 2. The first-order valence-electron chi connectivity index (χ1n) is 12.4. The molecule has 4 saturated heterocycles. The van der Waals surface area contributed by atoms with Gasteiger partial charge in [-0.15, -0.1) is 18.3 Å². The van der Waals surface area contributed by atoms with Gasteiger partial charge in [-0.2, -0.15) is 0 Å². The fourth-order valence-corrected chi connectivity index (χ4v) is 8.69. The number of aliphatic hydroxyl groups is 1. The molecule has 0 aromatic rings. The van der Waals surface area contributed by atoms with Gasteiger partial charge in [0.2, 0.25) is 11.8 Å². The molecule has 0 aromatic heterocycles. The van der Waals surface area contributed by atoms with Crippen molar-refractivity contribution in [2.45, 2.75) is 35.3 Å². The normalized spacial score (nSPS) is 34.1. The maximum absolute atomic E-state index is 14.1.